The number of carbonyl (C=O) groups is 1. The van der Waals surface area contributed by atoms with Gasteiger partial charge in [-0.2, -0.15) is 0 Å². The summed E-state index contributed by atoms with van der Waals surface area (Å²) in [4.78, 5) is 11.6. The van der Waals surface area contributed by atoms with Crippen LogP contribution in [-0.4, -0.2) is 20.2 Å². The van der Waals surface area contributed by atoms with E-state index in [9.17, 15) is 4.79 Å². The quantitative estimate of drug-likeness (QED) is 0.553. The monoisotopic (exact) mass is 352 g/mol. The predicted molar refractivity (Wildman–Crippen MR) is 78.4 cm³/mol. The third kappa shape index (κ3) is 3.40. The van der Waals surface area contributed by atoms with Crippen molar-refractivity contribution in [3.05, 3.63) is 9.66 Å². The summed E-state index contributed by atoms with van der Waals surface area (Å²) in [6.07, 6.45) is 3.55. The van der Waals surface area contributed by atoms with Crippen molar-refractivity contribution in [2.45, 2.75) is 57.8 Å². The van der Waals surface area contributed by atoms with Gasteiger partial charge in [-0.15, -0.1) is 0 Å². The zero-order valence-electron chi connectivity index (χ0n) is 10.8. The summed E-state index contributed by atoms with van der Waals surface area (Å²) >= 11 is 2.11. The van der Waals surface area contributed by atoms with Crippen LogP contribution in [0.3, 0.4) is 0 Å². The van der Waals surface area contributed by atoms with E-state index in [1.165, 1.54) is 0 Å². The molecule has 1 atom stereocenters. The molecule has 2 nitrogen and oxygen atoms in total. The smallest absolute Gasteiger partial charge is 0.192 e. The molecule has 0 aromatic rings. The highest BCUT2D eigenvalue weighted by Crippen LogP contribution is 2.38. The topological polar surface area (TPSA) is 26.3 Å². The largest absolute Gasteiger partial charge is 0.413 e. The van der Waals surface area contributed by atoms with Crippen molar-refractivity contribution in [3.63, 3.8) is 0 Å². The van der Waals surface area contributed by atoms with Gasteiger partial charge in [0.05, 0.1) is 9.68 Å². The molecule has 0 radical (unpaired) electrons. The van der Waals surface area contributed by atoms with E-state index in [0.717, 1.165) is 10.0 Å². The number of hydrogen-bond acceptors (Lipinski definition) is 2. The molecule has 0 N–H and O–H groups in total. The second-order valence-electron chi connectivity index (χ2n) is 5.92. The summed E-state index contributed by atoms with van der Waals surface area (Å²) in [6, 6.07) is 0. The number of carbonyl (C=O) groups excluding carboxylic acids is 1. The molecule has 0 heterocycles. The molecule has 92 valence electrons. The van der Waals surface area contributed by atoms with Crippen molar-refractivity contribution in [2.24, 2.45) is 0 Å². The van der Waals surface area contributed by atoms with E-state index in [0.29, 0.717) is 6.42 Å². The van der Waals surface area contributed by atoms with E-state index in [1.807, 2.05) is 6.08 Å². The molecule has 0 unspecified atom stereocenters. The molecule has 0 saturated carbocycles. The number of hydrogen-bond donors (Lipinski definition) is 0. The van der Waals surface area contributed by atoms with Gasteiger partial charge < -0.3 is 4.43 Å². The van der Waals surface area contributed by atoms with Crippen LogP contribution in [-0.2, 0) is 9.22 Å². The van der Waals surface area contributed by atoms with Crippen molar-refractivity contribution < 1.29 is 9.22 Å². The maximum absolute atomic E-state index is 11.6. The van der Waals surface area contributed by atoms with Crippen LogP contribution in [0.15, 0.2) is 9.66 Å². The number of allylic oxidation sites excluding steroid dienone is 1. The highest BCUT2D eigenvalue weighted by Gasteiger charge is 2.39. The Kier molecular flexibility index (Phi) is 4.40. The molecule has 16 heavy (non-hydrogen) atoms. The molecular weight excluding hydrogens is 331 g/mol. The second kappa shape index (κ2) is 4.90. The lowest BCUT2D eigenvalue weighted by Crippen LogP contribution is -2.44. The molecule has 0 fully saturated rings. The number of rotatable bonds is 2. The van der Waals surface area contributed by atoms with Gasteiger partial charge in [0.2, 0.25) is 0 Å². The predicted octanol–water partition coefficient (Wildman–Crippen LogP) is 4.06. The first-order valence-corrected chi connectivity index (χ1v) is 9.69. The Morgan fingerprint density at radius 3 is 2.44 bits per heavy atom. The molecule has 0 spiro atoms. The van der Waals surface area contributed by atoms with Crippen LogP contribution in [0, 0.1) is 0 Å². The second-order valence-corrected chi connectivity index (χ2v) is 11.8. The number of halogens is 1. The molecule has 0 saturated heterocycles. The van der Waals surface area contributed by atoms with Gasteiger partial charge in [0.15, 0.2) is 14.1 Å². The summed E-state index contributed by atoms with van der Waals surface area (Å²) < 4.78 is 7.10. The minimum absolute atomic E-state index is 0.104. The lowest BCUT2D eigenvalue weighted by atomic mass is 10.0. The van der Waals surface area contributed by atoms with E-state index in [1.54, 1.807) is 0 Å². The van der Waals surface area contributed by atoms with Crippen molar-refractivity contribution in [1.82, 2.24) is 0 Å². The molecule has 4 heteroatoms. The Labute approximate surface area is 113 Å². The number of Topliss-reactive ketones (excluding diaryl/α,β-unsaturated/α-hetero) is 1. The fourth-order valence-electron chi connectivity index (χ4n) is 1.42. The summed E-state index contributed by atoms with van der Waals surface area (Å²) in [7, 11) is -1.73. The standard InChI is InChI=1S/C12H21IO2Si/c1-12(2,3)16(4,5)15-9-6-7-10(13)11(14)8-9/h7,9H,6,8H2,1-5H3/t9-/m0/s1. The molecular formula is C12H21IO2Si. The fourth-order valence-corrected chi connectivity index (χ4v) is 3.26. The zero-order valence-corrected chi connectivity index (χ0v) is 13.9. The first kappa shape index (κ1) is 14.4. The van der Waals surface area contributed by atoms with Crippen LogP contribution < -0.4 is 0 Å². The SMILES string of the molecule is CC(C)(C)[Si](C)(C)O[C@H]1CC=C(I)C(=O)C1. The van der Waals surface area contributed by atoms with Gasteiger partial charge in [-0.1, -0.05) is 26.8 Å². The Hall–Kier alpha value is 0.317. The third-order valence-electron chi connectivity index (χ3n) is 3.51. The van der Waals surface area contributed by atoms with Gasteiger partial charge >= 0.3 is 0 Å². The lowest BCUT2D eigenvalue weighted by molar-refractivity contribution is -0.116. The maximum atomic E-state index is 11.6. The molecule has 0 aromatic carbocycles. The van der Waals surface area contributed by atoms with Crippen LogP contribution in [0.5, 0.6) is 0 Å². The summed E-state index contributed by atoms with van der Waals surface area (Å²) in [5.41, 5.74) is 0. The highest BCUT2D eigenvalue weighted by atomic mass is 127. The van der Waals surface area contributed by atoms with Gasteiger partial charge in [-0.3, -0.25) is 4.79 Å². The molecule has 1 aliphatic rings. The van der Waals surface area contributed by atoms with E-state index in [2.05, 4.69) is 56.5 Å². The average Bonchev–Trinajstić information content (AvgIpc) is 2.09. The van der Waals surface area contributed by atoms with Crippen LogP contribution in [0.25, 0.3) is 0 Å². The summed E-state index contributed by atoms with van der Waals surface area (Å²) in [5.74, 6) is 0.232. The third-order valence-corrected chi connectivity index (χ3v) is 9.08. The van der Waals surface area contributed by atoms with Crippen molar-refractivity contribution in [2.75, 3.05) is 0 Å². The molecule has 1 rings (SSSR count). The van der Waals surface area contributed by atoms with Crippen LogP contribution >= 0.6 is 22.6 Å². The summed E-state index contributed by atoms with van der Waals surface area (Å²) in [6.45, 7) is 11.2. The fraction of sp³-hybridized carbons (Fsp3) is 0.750. The van der Waals surface area contributed by atoms with E-state index in [-0.39, 0.29) is 16.9 Å². The van der Waals surface area contributed by atoms with Crippen LogP contribution in [0.1, 0.15) is 33.6 Å². The maximum Gasteiger partial charge on any atom is 0.192 e. The Balaban J connectivity index is 2.67. The summed E-state index contributed by atoms with van der Waals surface area (Å²) in [5, 5.41) is 0.213. The van der Waals surface area contributed by atoms with Crippen molar-refractivity contribution >= 4 is 36.7 Å². The van der Waals surface area contributed by atoms with Crippen molar-refractivity contribution in [3.8, 4) is 0 Å². The molecule has 0 amide bonds. The van der Waals surface area contributed by atoms with E-state index in [4.69, 9.17) is 4.43 Å². The van der Waals surface area contributed by atoms with Crippen LogP contribution in [0.2, 0.25) is 18.1 Å². The van der Waals surface area contributed by atoms with E-state index < -0.39 is 8.32 Å². The highest BCUT2D eigenvalue weighted by molar-refractivity contribution is 14.1. The van der Waals surface area contributed by atoms with Gasteiger partial charge in [-0.25, -0.2) is 0 Å². The first-order chi connectivity index (χ1) is 7.13. The van der Waals surface area contributed by atoms with Crippen molar-refractivity contribution in [1.29, 1.82) is 0 Å². The molecule has 0 aliphatic heterocycles. The Bertz CT molecular complexity index is 315. The van der Waals surface area contributed by atoms with Gasteiger partial charge in [-0.05, 0) is 47.1 Å². The molecule has 0 aromatic heterocycles. The first-order valence-electron chi connectivity index (χ1n) is 5.70. The van der Waals surface area contributed by atoms with E-state index >= 15 is 0 Å². The molecule has 0 bridgehead atoms. The minimum Gasteiger partial charge on any atom is -0.413 e. The number of ketones is 1. The molecule has 1 aliphatic carbocycles. The Morgan fingerprint density at radius 2 is 2.00 bits per heavy atom. The lowest BCUT2D eigenvalue weighted by Gasteiger charge is -2.39. The van der Waals surface area contributed by atoms with Gasteiger partial charge in [0, 0.05) is 6.42 Å². The van der Waals surface area contributed by atoms with Crippen LogP contribution in [0.4, 0.5) is 0 Å². The van der Waals surface area contributed by atoms with Gasteiger partial charge in [0.25, 0.3) is 0 Å². The minimum atomic E-state index is -1.73. The van der Waals surface area contributed by atoms with Gasteiger partial charge in [0.1, 0.15) is 0 Å². The zero-order chi connectivity index (χ0) is 12.6. The Morgan fingerprint density at radius 1 is 1.44 bits per heavy atom. The normalized spacial score (nSPS) is 23.2. The average molecular weight is 352 g/mol.